The number of aromatic nitrogens is 3. The first-order valence-corrected chi connectivity index (χ1v) is 16.9. The molecule has 0 saturated heterocycles. The number of esters is 1. The molecule has 6 aromatic rings. The third-order valence-corrected chi connectivity index (χ3v) is 9.51. The SMILES string of the molecule is NCCCC[C@H](N)C(=O)O[C@H]1CC[C@H](Nc2cc(-n3c4ccccc4c4c(-c5nc6ccc(F)cc6[nH]5)cccc43)ccc2C(N)=O)CC1. The Bertz CT molecular complexity index is 2170. The first-order chi connectivity index (χ1) is 23.8. The lowest BCUT2D eigenvalue weighted by Gasteiger charge is -2.30. The molecular formula is C38H40FN7O3. The van der Waals surface area contributed by atoms with Crippen molar-refractivity contribution < 1.29 is 18.7 Å². The fourth-order valence-corrected chi connectivity index (χ4v) is 7.03. The van der Waals surface area contributed by atoms with Crippen LogP contribution in [-0.4, -0.2) is 51.1 Å². The Balaban J connectivity index is 1.18. The molecule has 252 valence electrons. The standard InChI is InChI=1S/C38H40FN7O3/c39-22-11-18-30-32(20-22)45-37(44-30)28-7-5-10-34-35(28)27-6-1-2-9-33(27)46(34)24-14-17-26(36(42)47)31(21-24)43-23-12-15-25(16-13-23)49-38(48)29(41)8-3-4-19-40/h1-2,5-7,9-11,14,17-18,20-21,23,25,29,43H,3-4,8,12-13,15-16,19,40-41H2,(H2,42,47)(H,44,45)/t23-,25-,29-/m0/s1. The van der Waals surface area contributed by atoms with Crippen LogP contribution in [0.1, 0.15) is 55.3 Å². The maximum absolute atomic E-state index is 14.0. The number of nitrogens with zero attached hydrogens (tertiary/aromatic N) is 2. The average molecular weight is 662 g/mol. The van der Waals surface area contributed by atoms with Gasteiger partial charge in [-0.15, -0.1) is 0 Å². The van der Waals surface area contributed by atoms with E-state index in [4.69, 9.17) is 26.9 Å². The summed E-state index contributed by atoms with van der Waals surface area (Å²) in [7, 11) is 0. The van der Waals surface area contributed by atoms with Gasteiger partial charge in [0, 0.05) is 33.8 Å². The molecule has 11 heteroatoms. The first kappa shape index (κ1) is 32.3. The van der Waals surface area contributed by atoms with Crippen molar-refractivity contribution in [3.8, 4) is 17.1 Å². The predicted octanol–water partition coefficient (Wildman–Crippen LogP) is 6.29. The van der Waals surface area contributed by atoms with Crippen LogP contribution in [0.15, 0.2) is 78.9 Å². The van der Waals surface area contributed by atoms with Crippen LogP contribution in [0.3, 0.4) is 0 Å². The molecule has 1 aliphatic carbocycles. The zero-order chi connectivity index (χ0) is 34.1. The number of amides is 1. The minimum absolute atomic E-state index is 0.0594. The highest BCUT2D eigenvalue weighted by molar-refractivity contribution is 6.15. The van der Waals surface area contributed by atoms with Gasteiger partial charge >= 0.3 is 5.97 Å². The maximum Gasteiger partial charge on any atom is 0.323 e. The summed E-state index contributed by atoms with van der Waals surface area (Å²) in [6, 6.07) is 23.8. The van der Waals surface area contributed by atoms with Crippen LogP contribution in [0.25, 0.3) is 49.9 Å². The molecule has 2 aromatic heterocycles. The number of H-pyrrole nitrogens is 1. The number of primary amides is 1. The number of ether oxygens (including phenoxy) is 1. The first-order valence-electron chi connectivity index (χ1n) is 16.9. The molecule has 7 rings (SSSR count). The van der Waals surface area contributed by atoms with Crippen LogP contribution in [-0.2, 0) is 9.53 Å². The Hall–Kier alpha value is -5.26. The van der Waals surface area contributed by atoms with Gasteiger partial charge in [0.05, 0.1) is 27.6 Å². The number of fused-ring (bicyclic) bond motifs is 4. The molecule has 1 fully saturated rings. The quantitative estimate of drug-likeness (QED) is 0.0804. The topological polar surface area (TPSA) is 167 Å². The van der Waals surface area contributed by atoms with Gasteiger partial charge < -0.3 is 36.8 Å². The zero-order valence-corrected chi connectivity index (χ0v) is 27.1. The summed E-state index contributed by atoms with van der Waals surface area (Å²) in [5.41, 5.74) is 23.5. The highest BCUT2D eigenvalue weighted by Gasteiger charge is 2.27. The van der Waals surface area contributed by atoms with Crippen molar-refractivity contribution in [2.24, 2.45) is 17.2 Å². The third kappa shape index (κ3) is 6.47. The van der Waals surface area contributed by atoms with Gasteiger partial charge in [0.15, 0.2) is 0 Å². The number of aromatic amines is 1. The monoisotopic (exact) mass is 661 g/mol. The number of imidazole rings is 1. The van der Waals surface area contributed by atoms with Crippen molar-refractivity contribution >= 4 is 50.4 Å². The number of hydrogen-bond acceptors (Lipinski definition) is 7. The summed E-state index contributed by atoms with van der Waals surface area (Å²) < 4.78 is 21.9. The van der Waals surface area contributed by atoms with E-state index in [0.717, 1.165) is 58.7 Å². The Morgan fingerprint density at radius 1 is 0.980 bits per heavy atom. The summed E-state index contributed by atoms with van der Waals surface area (Å²) in [6.45, 7) is 0.576. The molecule has 0 bridgehead atoms. The van der Waals surface area contributed by atoms with Gasteiger partial charge in [0.2, 0.25) is 0 Å². The van der Waals surface area contributed by atoms with Gasteiger partial charge in [-0.2, -0.15) is 0 Å². The third-order valence-electron chi connectivity index (χ3n) is 9.51. The molecule has 0 aliphatic heterocycles. The number of carbonyl (C=O) groups excluding carboxylic acids is 2. The molecule has 2 heterocycles. The van der Waals surface area contributed by atoms with Crippen LogP contribution in [0.5, 0.6) is 0 Å². The molecule has 1 aliphatic rings. The van der Waals surface area contributed by atoms with Crippen LogP contribution in [0, 0.1) is 5.82 Å². The van der Waals surface area contributed by atoms with Gasteiger partial charge in [-0.1, -0.05) is 36.8 Å². The zero-order valence-electron chi connectivity index (χ0n) is 27.1. The minimum atomic E-state index is -0.636. The van der Waals surface area contributed by atoms with Crippen molar-refractivity contribution in [1.82, 2.24) is 14.5 Å². The van der Waals surface area contributed by atoms with Gasteiger partial charge in [-0.05, 0) is 93.6 Å². The van der Waals surface area contributed by atoms with E-state index in [9.17, 15) is 14.0 Å². The summed E-state index contributed by atoms with van der Waals surface area (Å²) in [5.74, 6) is -0.561. The maximum atomic E-state index is 14.0. The lowest BCUT2D eigenvalue weighted by molar-refractivity contribution is -0.152. The van der Waals surface area contributed by atoms with Crippen molar-refractivity contribution in [2.45, 2.75) is 63.1 Å². The number of unbranched alkanes of at least 4 members (excludes halogenated alkanes) is 1. The number of anilines is 1. The fourth-order valence-electron chi connectivity index (χ4n) is 7.03. The summed E-state index contributed by atoms with van der Waals surface area (Å²) >= 11 is 0. The van der Waals surface area contributed by atoms with E-state index in [0.29, 0.717) is 53.9 Å². The smallest absolute Gasteiger partial charge is 0.323 e. The highest BCUT2D eigenvalue weighted by atomic mass is 19.1. The lowest BCUT2D eigenvalue weighted by atomic mass is 9.92. The number of nitrogens with two attached hydrogens (primary N) is 3. The molecule has 0 unspecified atom stereocenters. The van der Waals surface area contributed by atoms with Crippen LogP contribution in [0.2, 0.25) is 0 Å². The average Bonchev–Trinajstić information content (AvgIpc) is 3.68. The Labute approximate surface area is 282 Å². The van der Waals surface area contributed by atoms with E-state index >= 15 is 0 Å². The highest BCUT2D eigenvalue weighted by Crippen LogP contribution is 2.39. The summed E-state index contributed by atoms with van der Waals surface area (Å²) in [6.07, 6.45) is 4.88. The number of rotatable bonds is 11. The van der Waals surface area contributed by atoms with Gasteiger partial charge in [0.25, 0.3) is 5.91 Å². The molecule has 4 aromatic carbocycles. The van der Waals surface area contributed by atoms with E-state index in [2.05, 4.69) is 33.1 Å². The number of carbonyl (C=O) groups is 2. The van der Waals surface area contributed by atoms with Crippen LogP contribution < -0.4 is 22.5 Å². The summed E-state index contributed by atoms with van der Waals surface area (Å²) in [5, 5.41) is 5.61. The van der Waals surface area contributed by atoms with Crippen molar-refractivity contribution in [1.29, 1.82) is 0 Å². The molecule has 1 atom stereocenters. The Kier molecular flexibility index (Phi) is 9.03. The van der Waals surface area contributed by atoms with Crippen LogP contribution >= 0.6 is 0 Å². The minimum Gasteiger partial charge on any atom is -0.461 e. The molecule has 1 amide bonds. The Morgan fingerprint density at radius 3 is 2.57 bits per heavy atom. The normalized spacial score (nSPS) is 17.0. The molecule has 0 spiro atoms. The van der Waals surface area contributed by atoms with Crippen LogP contribution in [0.4, 0.5) is 10.1 Å². The lowest BCUT2D eigenvalue weighted by Crippen LogP contribution is -2.37. The van der Waals surface area contributed by atoms with Gasteiger partial charge in [-0.25, -0.2) is 9.37 Å². The number of halogens is 1. The van der Waals surface area contributed by atoms with Crippen molar-refractivity contribution in [3.05, 3.63) is 90.2 Å². The second-order valence-corrected chi connectivity index (χ2v) is 12.8. The fraction of sp³-hybridized carbons (Fsp3) is 0.289. The molecular weight excluding hydrogens is 621 g/mol. The van der Waals surface area contributed by atoms with Crippen molar-refractivity contribution in [3.63, 3.8) is 0 Å². The predicted molar refractivity (Wildman–Crippen MR) is 191 cm³/mol. The number of hydrogen-bond donors (Lipinski definition) is 5. The Morgan fingerprint density at radius 2 is 1.78 bits per heavy atom. The van der Waals surface area contributed by atoms with E-state index in [1.165, 1.54) is 12.1 Å². The molecule has 10 nitrogen and oxygen atoms in total. The number of benzene rings is 4. The number of para-hydroxylation sites is 1. The van der Waals surface area contributed by atoms with E-state index in [1.807, 2.05) is 36.4 Å². The second kappa shape index (κ2) is 13.7. The molecule has 49 heavy (non-hydrogen) atoms. The van der Waals surface area contributed by atoms with E-state index < -0.39 is 11.9 Å². The van der Waals surface area contributed by atoms with Gasteiger partial charge in [0.1, 0.15) is 23.8 Å². The molecule has 0 radical (unpaired) electrons. The second-order valence-electron chi connectivity index (χ2n) is 12.8. The number of nitrogens with one attached hydrogen (secondary N) is 2. The van der Waals surface area contributed by atoms with Gasteiger partial charge in [-0.3, -0.25) is 9.59 Å². The van der Waals surface area contributed by atoms with Crippen molar-refractivity contribution in [2.75, 3.05) is 11.9 Å². The molecule has 8 N–H and O–H groups in total. The summed E-state index contributed by atoms with van der Waals surface area (Å²) in [4.78, 5) is 33.2. The molecule has 1 saturated carbocycles. The van der Waals surface area contributed by atoms with E-state index in [1.54, 1.807) is 12.1 Å². The van der Waals surface area contributed by atoms with E-state index in [-0.39, 0.29) is 23.9 Å². The largest absolute Gasteiger partial charge is 0.461 e.